The number of halogens is 4. The SMILES string of the molecule is O=C(CSc1ccc(C(F)(F)F)cn1)c1ccccc1F. The van der Waals surface area contributed by atoms with Gasteiger partial charge in [0, 0.05) is 6.20 Å². The van der Waals surface area contributed by atoms with Gasteiger partial charge in [-0.2, -0.15) is 13.2 Å². The topological polar surface area (TPSA) is 30.0 Å². The maximum Gasteiger partial charge on any atom is 0.417 e. The van der Waals surface area contributed by atoms with E-state index in [1.807, 2.05) is 0 Å². The lowest BCUT2D eigenvalue weighted by Gasteiger charge is -2.06. The minimum Gasteiger partial charge on any atom is -0.293 e. The number of hydrogen-bond acceptors (Lipinski definition) is 3. The van der Waals surface area contributed by atoms with Crippen molar-refractivity contribution in [2.75, 3.05) is 5.75 Å². The van der Waals surface area contributed by atoms with Crippen LogP contribution in [0.25, 0.3) is 0 Å². The zero-order chi connectivity index (χ0) is 15.5. The molecule has 0 atom stereocenters. The van der Waals surface area contributed by atoms with E-state index in [0.29, 0.717) is 6.20 Å². The highest BCUT2D eigenvalue weighted by Gasteiger charge is 2.30. The molecular formula is C14H9F4NOS. The molecule has 0 saturated heterocycles. The molecule has 1 aromatic carbocycles. The number of benzene rings is 1. The number of pyridine rings is 1. The standard InChI is InChI=1S/C14H9F4NOS/c15-11-4-2-1-3-10(11)12(20)8-21-13-6-5-9(7-19-13)14(16,17)18/h1-7H,8H2. The number of carbonyl (C=O) groups excluding carboxylic acids is 1. The van der Waals surface area contributed by atoms with Gasteiger partial charge in [0.25, 0.3) is 0 Å². The molecule has 1 aromatic heterocycles. The fourth-order valence-corrected chi connectivity index (χ4v) is 2.26. The van der Waals surface area contributed by atoms with Gasteiger partial charge in [0.15, 0.2) is 5.78 Å². The van der Waals surface area contributed by atoms with Crippen LogP contribution >= 0.6 is 11.8 Å². The zero-order valence-corrected chi connectivity index (χ0v) is 11.3. The molecule has 0 saturated carbocycles. The number of aromatic nitrogens is 1. The van der Waals surface area contributed by atoms with E-state index in [2.05, 4.69) is 4.98 Å². The first-order valence-electron chi connectivity index (χ1n) is 5.81. The molecule has 1 heterocycles. The molecule has 21 heavy (non-hydrogen) atoms. The van der Waals surface area contributed by atoms with Crippen molar-refractivity contribution < 1.29 is 22.4 Å². The Labute approximate surface area is 122 Å². The summed E-state index contributed by atoms with van der Waals surface area (Å²) in [6.07, 6.45) is -3.74. The molecule has 0 unspecified atom stereocenters. The fourth-order valence-electron chi connectivity index (χ4n) is 1.54. The predicted molar refractivity (Wildman–Crippen MR) is 70.7 cm³/mol. The van der Waals surface area contributed by atoms with Crippen LogP contribution in [0.3, 0.4) is 0 Å². The van der Waals surface area contributed by atoms with Gasteiger partial charge >= 0.3 is 6.18 Å². The fraction of sp³-hybridized carbons (Fsp3) is 0.143. The van der Waals surface area contributed by atoms with Crippen molar-refractivity contribution in [3.05, 3.63) is 59.5 Å². The van der Waals surface area contributed by atoms with E-state index in [-0.39, 0.29) is 16.3 Å². The van der Waals surface area contributed by atoms with E-state index in [1.54, 1.807) is 0 Å². The second-order valence-corrected chi connectivity index (χ2v) is 5.07. The number of nitrogens with zero attached hydrogens (tertiary/aromatic N) is 1. The molecule has 0 spiro atoms. The molecule has 0 fully saturated rings. The van der Waals surface area contributed by atoms with Gasteiger partial charge < -0.3 is 0 Å². The minimum absolute atomic E-state index is 0.0445. The van der Waals surface area contributed by atoms with Gasteiger partial charge in [0.05, 0.1) is 21.9 Å². The first-order chi connectivity index (χ1) is 9.88. The van der Waals surface area contributed by atoms with Crippen molar-refractivity contribution in [1.82, 2.24) is 4.98 Å². The number of thioether (sulfide) groups is 1. The number of ketones is 1. The normalized spacial score (nSPS) is 11.4. The van der Waals surface area contributed by atoms with E-state index >= 15 is 0 Å². The largest absolute Gasteiger partial charge is 0.417 e. The van der Waals surface area contributed by atoms with Gasteiger partial charge in [-0.1, -0.05) is 23.9 Å². The Morgan fingerprint density at radius 1 is 1.14 bits per heavy atom. The molecule has 0 amide bonds. The summed E-state index contributed by atoms with van der Waals surface area (Å²) in [6.45, 7) is 0. The maximum atomic E-state index is 13.4. The summed E-state index contributed by atoms with van der Waals surface area (Å²) in [4.78, 5) is 15.4. The quantitative estimate of drug-likeness (QED) is 0.481. The van der Waals surface area contributed by atoms with Crippen molar-refractivity contribution in [1.29, 1.82) is 0 Å². The Balaban J connectivity index is 2.00. The lowest BCUT2D eigenvalue weighted by Crippen LogP contribution is -2.06. The number of alkyl halides is 3. The van der Waals surface area contributed by atoms with E-state index in [0.717, 1.165) is 17.8 Å². The Hall–Kier alpha value is -1.89. The predicted octanol–water partition coefficient (Wildman–Crippen LogP) is 4.21. The van der Waals surface area contributed by atoms with Crippen LogP contribution in [0.2, 0.25) is 0 Å². The Morgan fingerprint density at radius 3 is 2.43 bits per heavy atom. The van der Waals surface area contributed by atoms with Gasteiger partial charge in [-0.25, -0.2) is 9.37 Å². The van der Waals surface area contributed by atoms with Crippen molar-refractivity contribution in [2.45, 2.75) is 11.2 Å². The Kier molecular flexibility index (Phi) is 4.62. The van der Waals surface area contributed by atoms with E-state index in [1.165, 1.54) is 30.3 Å². The summed E-state index contributed by atoms with van der Waals surface area (Å²) in [5, 5.41) is 0.271. The zero-order valence-electron chi connectivity index (χ0n) is 10.5. The van der Waals surface area contributed by atoms with Crippen LogP contribution in [0.15, 0.2) is 47.6 Å². The average molecular weight is 315 g/mol. The summed E-state index contributed by atoms with van der Waals surface area (Å²) in [5.74, 6) is -1.16. The highest BCUT2D eigenvalue weighted by atomic mass is 32.2. The number of rotatable bonds is 4. The Bertz CT molecular complexity index is 640. The monoisotopic (exact) mass is 315 g/mol. The van der Waals surface area contributed by atoms with Gasteiger partial charge in [0.1, 0.15) is 5.82 Å². The van der Waals surface area contributed by atoms with Gasteiger partial charge in [-0.3, -0.25) is 4.79 Å². The first kappa shape index (κ1) is 15.5. The van der Waals surface area contributed by atoms with Crippen LogP contribution in [-0.2, 0) is 6.18 Å². The van der Waals surface area contributed by atoms with Gasteiger partial charge in [-0.15, -0.1) is 0 Å². The second kappa shape index (κ2) is 6.26. The molecule has 0 aliphatic rings. The van der Waals surface area contributed by atoms with Crippen molar-refractivity contribution in [2.24, 2.45) is 0 Å². The van der Waals surface area contributed by atoms with Crippen LogP contribution in [0.5, 0.6) is 0 Å². The number of Topliss-reactive ketones (excluding diaryl/α,β-unsaturated/α-hetero) is 1. The summed E-state index contributed by atoms with van der Waals surface area (Å²) in [7, 11) is 0. The molecule has 0 aliphatic carbocycles. The third kappa shape index (κ3) is 4.04. The average Bonchev–Trinajstić information content (AvgIpc) is 2.45. The highest BCUT2D eigenvalue weighted by molar-refractivity contribution is 7.99. The molecular weight excluding hydrogens is 306 g/mol. The van der Waals surface area contributed by atoms with Crippen LogP contribution in [0.4, 0.5) is 17.6 Å². The molecule has 7 heteroatoms. The minimum atomic E-state index is -4.45. The van der Waals surface area contributed by atoms with Crippen molar-refractivity contribution in [3.63, 3.8) is 0 Å². The lowest BCUT2D eigenvalue weighted by atomic mass is 10.1. The highest BCUT2D eigenvalue weighted by Crippen LogP contribution is 2.29. The summed E-state index contributed by atoms with van der Waals surface area (Å²) in [5.41, 5.74) is -0.899. The van der Waals surface area contributed by atoms with Crippen LogP contribution in [0.1, 0.15) is 15.9 Å². The van der Waals surface area contributed by atoms with Crippen molar-refractivity contribution in [3.8, 4) is 0 Å². The van der Waals surface area contributed by atoms with E-state index in [4.69, 9.17) is 0 Å². The second-order valence-electron chi connectivity index (χ2n) is 4.07. The van der Waals surface area contributed by atoms with E-state index in [9.17, 15) is 22.4 Å². The third-order valence-corrected chi connectivity index (χ3v) is 3.53. The first-order valence-corrected chi connectivity index (χ1v) is 6.80. The third-order valence-electron chi connectivity index (χ3n) is 2.59. The van der Waals surface area contributed by atoms with Crippen molar-refractivity contribution >= 4 is 17.5 Å². The van der Waals surface area contributed by atoms with Gasteiger partial charge in [-0.05, 0) is 24.3 Å². The van der Waals surface area contributed by atoms with Crippen LogP contribution in [-0.4, -0.2) is 16.5 Å². The molecule has 0 radical (unpaired) electrons. The molecule has 0 bridgehead atoms. The molecule has 0 aliphatic heterocycles. The molecule has 110 valence electrons. The van der Waals surface area contributed by atoms with Crippen LogP contribution in [0, 0.1) is 5.82 Å². The van der Waals surface area contributed by atoms with Gasteiger partial charge in [0.2, 0.25) is 0 Å². The molecule has 2 aromatic rings. The number of carbonyl (C=O) groups is 1. The molecule has 0 N–H and O–H groups in total. The summed E-state index contributed by atoms with van der Waals surface area (Å²) in [6, 6.07) is 7.62. The summed E-state index contributed by atoms with van der Waals surface area (Å²) < 4.78 is 50.4. The summed E-state index contributed by atoms with van der Waals surface area (Å²) >= 11 is 0.957. The Morgan fingerprint density at radius 2 is 1.86 bits per heavy atom. The van der Waals surface area contributed by atoms with E-state index < -0.39 is 23.3 Å². The lowest BCUT2D eigenvalue weighted by molar-refractivity contribution is -0.137. The molecule has 2 nitrogen and oxygen atoms in total. The smallest absolute Gasteiger partial charge is 0.293 e. The number of hydrogen-bond donors (Lipinski definition) is 0. The van der Waals surface area contributed by atoms with Crippen LogP contribution < -0.4 is 0 Å². The maximum absolute atomic E-state index is 13.4. The molecule has 2 rings (SSSR count).